The van der Waals surface area contributed by atoms with Crippen LogP contribution in [0.1, 0.15) is 42.1 Å². The Bertz CT molecular complexity index is 873. The molecule has 1 saturated carbocycles. The summed E-state index contributed by atoms with van der Waals surface area (Å²) in [5, 5.41) is 4.31. The SMILES string of the molecule is Cc1cccc(CN2Cc3ccnn3[C@@H](CCNS(=O)(=O)C3CC3)C2)c1. The molecule has 2 aliphatic rings. The van der Waals surface area contributed by atoms with Gasteiger partial charge < -0.3 is 0 Å². The van der Waals surface area contributed by atoms with Gasteiger partial charge in [0.25, 0.3) is 0 Å². The largest absolute Gasteiger partial charge is 0.291 e. The molecule has 1 aliphatic heterocycles. The fourth-order valence-corrected chi connectivity index (χ4v) is 5.13. The minimum atomic E-state index is -3.11. The quantitative estimate of drug-likeness (QED) is 0.807. The van der Waals surface area contributed by atoms with Crippen LogP contribution in [0.15, 0.2) is 36.5 Å². The van der Waals surface area contributed by atoms with Crippen molar-refractivity contribution in [2.45, 2.75) is 50.6 Å². The van der Waals surface area contributed by atoms with Gasteiger partial charge >= 0.3 is 0 Å². The van der Waals surface area contributed by atoms with Gasteiger partial charge in [0.05, 0.1) is 17.0 Å². The Morgan fingerprint density at radius 1 is 1.27 bits per heavy atom. The van der Waals surface area contributed by atoms with E-state index in [1.165, 1.54) is 16.8 Å². The number of sulfonamides is 1. The van der Waals surface area contributed by atoms with Crippen molar-refractivity contribution in [3.63, 3.8) is 0 Å². The molecule has 0 unspecified atom stereocenters. The lowest BCUT2D eigenvalue weighted by molar-refractivity contribution is 0.162. The second-order valence-electron chi connectivity index (χ2n) is 7.51. The molecule has 0 bridgehead atoms. The molecule has 0 amide bonds. The highest BCUT2D eigenvalue weighted by Gasteiger charge is 2.35. The van der Waals surface area contributed by atoms with E-state index < -0.39 is 10.0 Å². The highest BCUT2D eigenvalue weighted by atomic mass is 32.2. The smallest absolute Gasteiger partial charge is 0.214 e. The fourth-order valence-electron chi connectivity index (χ4n) is 3.73. The predicted molar refractivity (Wildman–Crippen MR) is 101 cm³/mol. The number of nitrogens with zero attached hydrogens (tertiary/aromatic N) is 3. The Labute approximate surface area is 155 Å². The van der Waals surface area contributed by atoms with E-state index in [2.05, 4.69) is 56.7 Å². The van der Waals surface area contributed by atoms with Crippen LogP contribution in [0.25, 0.3) is 0 Å². The summed E-state index contributed by atoms with van der Waals surface area (Å²) in [6.07, 6.45) is 4.19. The van der Waals surface area contributed by atoms with Crippen LogP contribution in [-0.4, -0.2) is 41.4 Å². The van der Waals surface area contributed by atoms with Gasteiger partial charge in [0.2, 0.25) is 10.0 Å². The molecular weight excluding hydrogens is 348 g/mol. The molecule has 26 heavy (non-hydrogen) atoms. The third kappa shape index (κ3) is 4.00. The summed E-state index contributed by atoms with van der Waals surface area (Å²) in [6.45, 7) is 5.24. The number of benzene rings is 1. The van der Waals surface area contributed by atoms with E-state index in [1.807, 2.05) is 6.20 Å². The first kappa shape index (κ1) is 17.7. The maximum absolute atomic E-state index is 12.0. The van der Waals surface area contributed by atoms with Crippen molar-refractivity contribution in [3.8, 4) is 0 Å². The van der Waals surface area contributed by atoms with Gasteiger partial charge in [-0.2, -0.15) is 5.10 Å². The molecule has 2 aromatic rings. The van der Waals surface area contributed by atoms with Crippen LogP contribution in [0.4, 0.5) is 0 Å². The molecule has 1 aromatic heterocycles. The molecule has 1 aromatic carbocycles. The maximum Gasteiger partial charge on any atom is 0.214 e. The van der Waals surface area contributed by atoms with Crippen LogP contribution in [0.3, 0.4) is 0 Å². The summed E-state index contributed by atoms with van der Waals surface area (Å²) in [5.41, 5.74) is 3.78. The average Bonchev–Trinajstić information content (AvgIpc) is 3.35. The first-order valence-electron chi connectivity index (χ1n) is 9.30. The van der Waals surface area contributed by atoms with Gasteiger partial charge in [-0.05, 0) is 37.8 Å². The molecule has 4 rings (SSSR count). The molecular formula is C19H26N4O2S. The van der Waals surface area contributed by atoms with Gasteiger partial charge in [-0.3, -0.25) is 9.58 Å². The summed E-state index contributed by atoms with van der Waals surface area (Å²) in [7, 11) is -3.11. The molecule has 1 N–H and O–H groups in total. The number of hydrogen-bond acceptors (Lipinski definition) is 4. The van der Waals surface area contributed by atoms with Crippen LogP contribution in [-0.2, 0) is 23.1 Å². The maximum atomic E-state index is 12.0. The summed E-state index contributed by atoms with van der Waals surface area (Å²) < 4.78 is 28.9. The zero-order valence-electron chi connectivity index (χ0n) is 15.1. The zero-order chi connectivity index (χ0) is 18.1. The van der Waals surface area contributed by atoms with Gasteiger partial charge in [-0.25, -0.2) is 13.1 Å². The van der Waals surface area contributed by atoms with Crippen LogP contribution >= 0.6 is 0 Å². The molecule has 6 nitrogen and oxygen atoms in total. The molecule has 1 aliphatic carbocycles. The lowest BCUT2D eigenvalue weighted by Gasteiger charge is -2.34. The summed E-state index contributed by atoms with van der Waals surface area (Å²) in [6, 6.07) is 10.9. The van der Waals surface area contributed by atoms with Crippen molar-refractivity contribution < 1.29 is 8.42 Å². The van der Waals surface area contributed by atoms with E-state index >= 15 is 0 Å². The summed E-state index contributed by atoms with van der Waals surface area (Å²) >= 11 is 0. The van der Waals surface area contributed by atoms with Crippen molar-refractivity contribution in [2.75, 3.05) is 13.1 Å². The molecule has 1 fully saturated rings. The van der Waals surface area contributed by atoms with Crippen molar-refractivity contribution >= 4 is 10.0 Å². The molecule has 140 valence electrons. The monoisotopic (exact) mass is 374 g/mol. The molecule has 0 saturated heterocycles. The normalized spacial score (nSPS) is 20.9. The van der Waals surface area contributed by atoms with Crippen molar-refractivity contribution in [1.82, 2.24) is 19.4 Å². The van der Waals surface area contributed by atoms with E-state index in [0.717, 1.165) is 38.9 Å². The lowest BCUT2D eigenvalue weighted by atomic mass is 10.1. The van der Waals surface area contributed by atoms with Crippen LogP contribution < -0.4 is 4.72 Å². The van der Waals surface area contributed by atoms with Gasteiger partial charge in [0.15, 0.2) is 0 Å². The third-order valence-electron chi connectivity index (χ3n) is 5.19. The zero-order valence-corrected chi connectivity index (χ0v) is 16.0. The Morgan fingerprint density at radius 2 is 2.12 bits per heavy atom. The van der Waals surface area contributed by atoms with Gasteiger partial charge in [0, 0.05) is 32.4 Å². The fraction of sp³-hybridized carbons (Fsp3) is 0.526. The highest BCUT2D eigenvalue weighted by Crippen LogP contribution is 2.28. The first-order valence-corrected chi connectivity index (χ1v) is 10.8. The Balaban J connectivity index is 1.41. The third-order valence-corrected chi connectivity index (χ3v) is 7.14. The molecule has 1 atom stereocenters. The molecule has 0 radical (unpaired) electrons. The average molecular weight is 375 g/mol. The van der Waals surface area contributed by atoms with Gasteiger partial charge in [0.1, 0.15) is 0 Å². The predicted octanol–water partition coefficient (Wildman–Crippen LogP) is 2.22. The topological polar surface area (TPSA) is 67.2 Å². The lowest BCUT2D eigenvalue weighted by Crippen LogP contribution is -2.39. The minimum absolute atomic E-state index is 0.160. The van der Waals surface area contributed by atoms with Gasteiger partial charge in [-0.1, -0.05) is 29.8 Å². The first-order chi connectivity index (χ1) is 12.5. The molecule has 2 heterocycles. The van der Waals surface area contributed by atoms with Crippen LogP contribution in [0, 0.1) is 6.92 Å². The second-order valence-corrected chi connectivity index (χ2v) is 9.55. The standard InChI is InChI=1S/C19H26N4O2S/c1-15-3-2-4-16(11-15)12-22-13-17-7-9-20-23(17)18(14-22)8-10-21-26(24,25)19-5-6-19/h2-4,7,9,11,18-19,21H,5-6,8,10,12-14H2,1H3/t18-/m0/s1. The van der Waals surface area contributed by atoms with E-state index in [-0.39, 0.29) is 11.3 Å². The molecule has 7 heteroatoms. The molecule has 0 spiro atoms. The van der Waals surface area contributed by atoms with E-state index in [0.29, 0.717) is 6.54 Å². The highest BCUT2D eigenvalue weighted by molar-refractivity contribution is 7.90. The number of fused-ring (bicyclic) bond motifs is 1. The van der Waals surface area contributed by atoms with Crippen LogP contribution in [0.2, 0.25) is 0 Å². The minimum Gasteiger partial charge on any atom is -0.291 e. The number of hydrogen-bond donors (Lipinski definition) is 1. The number of aryl methyl sites for hydroxylation is 1. The summed E-state index contributed by atoms with van der Waals surface area (Å²) in [4.78, 5) is 2.42. The Hall–Kier alpha value is -1.70. The summed E-state index contributed by atoms with van der Waals surface area (Å²) in [5.74, 6) is 0. The number of aromatic nitrogens is 2. The van der Waals surface area contributed by atoms with Crippen LogP contribution in [0.5, 0.6) is 0 Å². The van der Waals surface area contributed by atoms with Crippen molar-refractivity contribution in [1.29, 1.82) is 0 Å². The van der Waals surface area contributed by atoms with E-state index in [1.54, 1.807) is 0 Å². The van der Waals surface area contributed by atoms with Crippen molar-refractivity contribution in [3.05, 3.63) is 53.3 Å². The van der Waals surface area contributed by atoms with Crippen molar-refractivity contribution in [2.24, 2.45) is 0 Å². The Kier molecular flexibility index (Phi) is 4.86. The van der Waals surface area contributed by atoms with E-state index in [9.17, 15) is 8.42 Å². The Morgan fingerprint density at radius 3 is 2.88 bits per heavy atom. The number of nitrogens with one attached hydrogen (secondary N) is 1. The van der Waals surface area contributed by atoms with Gasteiger partial charge in [-0.15, -0.1) is 0 Å². The second kappa shape index (κ2) is 7.13. The number of rotatable bonds is 7. The van der Waals surface area contributed by atoms with E-state index in [4.69, 9.17) is 0 Å².